The summed E-state index contributed by atoms with van der Waals surface area (Å²) >= 11 is 5.82. The molecule has 1 unspecified atom stereocenters. The van der Waals surface area contributed by atoms with Crippen LogP contribution < -0.4 is 11.3 Å². The summed E-state index contributed by atoms with van der Waals surface area (Å²) in [7, 11) is 0. The molecule has 4 heteroatoms. The number of nitrogens with two attached hydrogens (primary N) is 1. The molecule has 1 aliphatic rings. The van der Waals surface area contributed by atoms with Gasteiger partial charge in [0, 0.05) is 6.04 Å². The van der Waals surface area contributed by atoms with Gasteiger partial charge in [-0.25, -0.2) is 4.39 Å². The van der Waals surface area contributed by atoms with Crippen LogP contribution in [-0.2, 0) is 6.42 Å². The molecule has 1 saturated carbocycles. The van der Waals surface area contributed by atoms with E-state index in [9.17, 15) is 4.39 Å². The van der Waals surface area contributed by atoms with Crippen molar-refractivity contribution in [3.8, 4) is 0 Å². The van der Waals surface area contributed by atoms with Crippen LogP contribution in [0.1, 0.15) is 38.2 Å². The quantitative estimate of drug-likeness (QED) is 0.654. The molecule has 1 aromatic carbocycles. The van der Waals surface area contributed by atoms with E-state index in [0.717, 1.165) is 17.9 Å². The van der Waals surface area contributed by atoms with Crippen molar-refractivity contribution in [2.75, 3.05) is 0 Å². The molecule has 1 aromatic rings. The summed E-state index contributed by atoms with van der Waals surface area (Å²) < 4.78 is 13.1. The molecule has 0 heterocycles. The van der Waals surface area contributed by atoms with Gasteiger partial charge in [-0.1, -0.05) is 37.4 Å². The molecule has 0 bridgehead atoms. The lowest BCUT2D eigenvalue weighted by molar-refractivity contribution is 0.229. The van der Waals surface area contributed by atoms with Crippen LogP contribution in [0.15, 0.2) is 18.2 Å². The average Bonchev–Trinajstić information content (AvgIpc) is 2.41. The van der Waals surface area contributed by atoms with Gasteiger partial charge < -0.3 is 0 Å². The molecule has 1 fully saturated rings. The maximum Gasteiger partial charge on any atom is 0.141 e. The van der Waals surface area contributed by atoms with Gasteiger partial charge in [0.05, 0.1) is 5.02 Å². The van der Waals surface area contributed by atoms with Crippen molar-refractivity contribution < 1.29 is 4.39 Å². The van der Waals surface area contributed by atoms with E-state index < -0.39 is 0 Å². The second kappa shape index (κ2) is 6.69. The molecule has 0 radical (unpaired) electrons. The molecule has 2 rings (SSSR count). The number of nitrogens with one attached hydrogen (secondary N) is 1. The predicted molar refractivity (Wildman–Crippen MR) is 77.3 cm³/mol. The van der Waals surface area contributed by atoms with Crippen LogP contribution >= 0.6 is 11.6 Å². The number of rotatable bonds is 4. The Kier molecular flexibility index (Phi) is 5.20. The summed E-state index contributed by atoms with van der Waals surface area (Å²) in [5.74, 6) is 6.76. The van der Waals surface area contributed by atoms with Gasteiger partial charge in [0.25, 0.3) is 0 Å². The molecule has 0 amide bonds. The molecular weight excluding hydrogens is 263 g/mol. The van der Waals surface area contributed by atoms with Gasteiger partial charge >= 0.3 is 0 Å². The minimum Gasteiger partial charge on any atom is -0.271 e. The third kappa shape index (κ3) is 3.91. The van der Waals surface area contributed by atoms with E-state index in [1.54, 1.807) is 12.1 Å². The zero-order valence-corrected chi connectivity index (χ0v) is 12.1. The first-order valence-electron chi connectivity index (χ1n) is 7.00. The Hall–Kier alpha value is -0.640. The van der Waals surface area contributed by atoms with E-state index in [-0.39, 0.29) is 16.9 Å². The highest BCUT2D eigenvalue weighted by Crippen LogP contribution is 2.31. The van der Waals surface area contributed by atoms with Gasteiger partial charge in [0.15, 0.2) is 0 Å². The number of benzene rings is 1. The summed E-state index contributed by atoms with van der Waals surface area (Å²) in [5, 5.41) is 0.186. The van der Waals surface area contributed by atoms with Crippen molar-refractivity contribution in [3.63, 3.8) is 0 Å². The summed E-state index contributed by atoms with van der Waals surface area (Å²) in [6, 6.07) is 5.16. The Morgan fingerprint density at radius 3 is 2.63 bits per heavy atom. The Morgan fingerprint density at radius 2 is 2.05 bits per heavy atom. The Bertz CT molecular complexity index is 417. The fourth-order valence-electron chi connectivity index (χ4n) is 2.97. The first kappa shape index (κ1) is 14.8. The Labute approximate surface area is 119 Å². The van der Waals surface area contributed by atoms with Crippen LogP contribution in [0, 0.1) is 17.7 Å². The topological polar surface area (TPSA) is 38.0 Å². The smallest absolute Gasteiger partial charge is 0.141 e. The van der Waals surface area contributed by atoms with Gasteiger partial charge in [0.2, 0.25) is 0 Å². The molecular formula is C15H22ClFN2. The highest BCUT2D eigenvalue weighted by Gasteiger charge is 2.25. The van der Waals surface area contributed by atoms with E-state index >= 15 is 0 Å². The molecule has 0 aromatic heterocycles. The standard InChI is InChI=1S/C15H22ClFN2/c1-10-2-5-12(6-3-10)15(19-18)9-11-4-7-14(17)13(16)8-11/h4,7-8,10,12,15,19H,2-3,5-6,9,18H2,1H3. The molecule has 0 aliphatic heterocycles. The molecule has 3 N–H and O–H groups in total. The molecule has 0 saturated heterocycles. The van der Waals surface area contributed by atoms with Crippen LogP contribution in [-0.4, -0.2) is 6.04 Å². The summed E-state index contributed by atoms with van der Waals surface area (Å²) in [5.41, 5.74) is 3.97. The second-order valence-electron chi connectivity index (χ2n) is 5.75. The lowest BCUT2D eigenvalue weighted by Gasteiger charge is -2.32. The zero-order valence-electron chi connectivity index (χ0n) is 11.3. The number of halogens is 2. The fourth-order valence-corrected chi connectivity index (χ4v) is 3.17. The van der Waals surface area contributed by atoms with E-state index in [0.29, 0.717) is 5.92 Å². The monoisotopic (exact) mass is 284 g/mol. The Balaban J connectivity index is 2.00. The molecule has 19 heavy (non-hydrogen) atoms. The molecule has 1 atom stereocenters. The highest BCUT2D eigenvalue weighted by molar-refractivity contribution is 6.30. The normalized spacial score (nSPS) is 25.3. The first-order valence-corrected chi connectivity index (χ1v) is 7.38. The molecule has 1 aliphatic carbocycles. The highest BCUT2D eigenvalue weighted by atomic mass is 35.5. The summed E-state index contributed by atoms with van der Waals surface area (Å²) in [6.45, 7) is 2.31. The van der Waals surface area contributed by atoms with Gasteiger partial charge in [-0.15, -0.1) is 0 Å². The van der Waals surface area contributed by atoms with Crippen LogP contribution in [0.2, 0.25) is 5.02 Å². The van der Waals surface area contributed by atoms with Crippen LogP contribution in [0.25, 0.3) is 0 Å². The third-order valence-electron chi connectivity index (χ3n) is 4.28. The maximum absolute atomic E-state index is 13.1. The SMILES string of the molecule is CC1CCC(C(Cc2ccc(F)c(Cl)c2)NN)CC1. The van der Waals surface area contributed by atoms with Crippen molar-refractivity contribution in [2.45, 2.75) is 45.1 Å². The van der Waals surface area contributed by atoms with E-state index in [2.05, 4.69) is 12.3 Å². The molecule has 106 valence electrons. The van der Waals surface area contributed by atoms with Crippen LogP contribution in [0.4, 0.5) is 4.39 Å². The van der Waals surface area contributed by atoms with Crippen molar-refractivity contribution in [1.29, 1.82) is 0 Å². The van der Waals surface area contributed by atoms with Gasteiger partial charge in [0.1, 0.15) is 5.82 Å². The largest absolute Gasteiger partial charge is 0.271 e. The fraction of sp³-hybridized carbons (Fsp3) is 0.600. The number of hydrogen-bond acceptors (Lipinski definition) is 2. The zero-order chi connectivity index (χ0) is 13.8. The lowest BCUT2D eigenvalue weighted by Crippen LogP contribution is -2.43. The number of hydrazine groups is 1. The van der Waals surface area contributed by atoms with Crippen molar-refractivity contribution in [3.05, 3.63) is 34.6 Å². The molecule has 0 spiro atoms. The van der Waals surface area contributed by atoms with E-state index in [1.165, 1.54) is 31.7 Å². The Morgan fingerprint density at radius 1 is 1.37 bits per heavy atom. The summed E-state index contributed by atoms with van der Waals surface area (Å²) in [6.07, 6.45) is 5.77. The summed E-state index contributed by atoms with van der Waals surface area (Å²) in [4.78, 5) is 0. The average molecular weight is 285 g/mol. The minimum absolute atomic E-state index is 0.186. The maximum atomic E-state index is 13.1. The molecule has 2 nitrogen and oxygen atoms in total. The van der Waals surface area contributed by atoms with E-state index in [1.807, 2.05) is 0 Å². The van der Waals surface area contributed by atoms with Crippen molar-refractivity contribution in [2.24, 2.45) is 17.7 Å². The van der Waals surface area contributed by atoms with Crippen molar-refractivity contribution >= 4 is 11.6 Å². The van der Waals surface area contributed by atoms with Gasteiger partial charge in [-0.05, 0) is 48.8 Å². The van der Waals surface area contributed by atoms with Crippen LogP contribution in [0.3, 0.4) is 0 Å². The first-order chi connectivity index (χ1) is 9.10. The van der Waals surface area contributed by atoms with Gasteiger partial charge in [-0.3, -0.25) is 11.3 Å². The van der Waals surface area contributed by atoms with E-state index in [4.69, 9.17) is 17.4 Å². The third-order valence-corrected chi connectivity index (χ3v) is 4.57. The predicted octanol–water partition coefficient (Wildman–Crippen LogP) is 3.68. The van der Waals surface area contributed by atoms with Crippen molar-refractivity contribution in [1.82, 2.24) is 5.43 Å². The van der Waals surface area contributed by atoms with Gasteiger partial charge in [-0.2, -0.15) is 0 Å². The minimum atomic E-state index is -0.367. The number of hydrogen-bond donors (Lipinski definition) is 2. The lowest BCUT2D eigenvalue weighted by atomic mass is 9.78. The second-order valence-corrected chi connectivity index (χ2v) is 6.15. The van der Waals surface area contributed by atoms with Crippen LogP contribution in [0.5, 0.6) is 0 Å².